The van der Waals surface area contributed by atoms with Gasteiger partial charge in [-0.3, -0.25) is 0 Å². The first-order chi connectivity index (χ1) is 8.43. The number of hydrogen-bond donors (Lipinski definition) is 2. The minimum Gasteiger partial charge on any atom is -0.380 e. The molecule has 4 nitrogen and oxygen atoms in total. The van der Waals surface area contributed by atoms with Crippen LogP contribution in [0.4, 0.5) is 0 Å². The van der Waals surface area contributed by atoms with Crippen LogP contribution in [0.15, 0.2) is 12.4 Å². The highest BCUT2D eigenvalue weighted by molar-refractivity contribution is 4.86. The lowest BCUT2D eigenvalue weighted by Crippen LogP contribution is -2.21. The van der Waals surface area contributed by atoms with E-state index in [1.165, 1.54) is 19.3 Å². The molecule has 0 saturated heterocycles. The molecule has 0 bridgehead atoms. The van der Waals surface area contributed by atoms with E-state index < -0.39 is 0 Å². The Hall–Kier alpha value is -0.870. The molecule has 1 rings (SSSR count). The van der Waals surface area contributed by atoms with Gasteiger partial charge in [0.05, 0.1) is 6.61 Å². The van der Waals surface area contributed by atoms with Crippen LogP contribution < -0.4 is 5.32 Å². The van der Waals surface area contributed by atoms with Gasteiger partial charge in [-0.1, -0.05) is 19.8 Å². The molecule has 1 heterocycles. The van der Waals surface area contributed by atoms with Gasteiger partial charge in [-0.05, 0) is 19.4 Å². The summed E-state index contributed by atoms with van der Waals surface area (Å²) in [6.07, 6.45) is 9.51. The molecule has 0 saturated carbocycles. The summed E-state index contributed by atoms with van der Waals surface area (Å²) in [5.74, 6) is 1.07. The summed E-state index contributed by atoms with van der Waals surface area (Å²) in [6.45, 7) is 5.91. The average molecular weight is 239 g/mol. The van der Waals surface area contributed by atoms with Gasteiger partial charge in [-0.15, -0.1) is 0 Å². The van der Waals surface area contributed by atoms with E-state index in [2.05, 4.69) is 22.2 Å². The standard InChI is InChI=1S/C13H25N3O/c1-2-3-4-11-17-12-10-14-7-5-6-13-15-8-9-16-13/h8-9,14H,2-7,10-12H2,1H3,(H,15,16). The Morgan fingerprint density at radius 1 is 1.24 bits per heavy atom. The number of ether oxygens (including phenoxy) is 1. The Balaban J connectivity index is 1.76. The zero-order chi connectivity index (χ0) is 12.2. The van der Waals surface area contributed by atoms with Gasteiger partial charge in [0.2, 0.25) is 0 Å². The Morgan fingerprint density at radius 3 is 2.94 bits per heavy atom. The maximum Gasteiger partial charge on any atom is 0.106 e. The number of H-pyrrole nitrogens is 1. The van der Waals surface area contributed by atoms with Gasteiger partial charge >= 0.3 is 0 Å². The molecule has 0 aliphatic carbocycles. The van der Waals surface area contributed by atoms with E-state index in [4.69, 9.17) is 4.74 Å². The van der Waals surface area contributed by atoms with Gasteiger partial charge < -0.3 is 15.0 Å². The van der Waals surface area contributed by atoms with E-state index >= 15 is 0 Å². The summed E-state index contributed by atoms with van der Waals surface area (Å²) >= 11 is 0. The van der Waals surface area contributed by atoms with Crippen LogP contribution in [0.25, 0.3) is 0 Å². The molecule has 98 valence electrons. The fourth-order valence-corrected chi connectivity index (χ4v) is 1.64. The van der Waals surface area contributed by atoms with E-state index in [1.54, 1.807) is 6.20 Å². The molecular weight excluding hydrogens is 214 g/mol. The third-order valence-electron chi connectivity index (χ3n) is 2.64. The summed E-state index contributed by atoms with van der Waals surface area (Å²) < 4.78 is 5.51. The second kappa shape index (κ2) is 10.3. The number of aryl methyl sites for hydroxylation is 1. The summed E-state index contributed by atoms with van der Waals surface area (Å²) in [6, 6.07) is 0. The van der Waals surface area contributed by atoms with Gasteiger partial charge in [0.15, 0.2) is 0 Å². The van der Waals surface area contributed by atoms with Crippen molar-refractivity contribution in [3.63, 3.8) is 0 Å². The minimum absolute atomic E-state index is 0.824. The maximum atomic E-state index is 5.51. The molecule has 0 aliphatic heterocycles. The zero-order valence-electron chi connectivity index (χ0n) is 10.9. The van der Waals surface area contributed by atoms with Gasteiger partial charge in [-0.2, -0.15) is 0 Å². The van der Waals surface area contributed by atoms with Crippen molar-refractivity contribution in [2.24, 2.45) is 0 Å². The Labute approximate surface area is 104 Å². The largest absolute Gasteiger partial charge is 0.380 e. The number of imidazole rings is 1. The summed E-state index contributed by atoms with van der Waals surface area (Å²) in [5, 5.41) is 3.37. The Bertz CT molecular complexity index is 249. The minimum atomic E-state index is 0.824. The SMILES string of the molecule is CCCCCOCCNCCCc1ncc[nH]1. The number of aromatic nitrogens is 2. The van der Waals surface area contributed by atoms with Gasteiger partial charge in [0, 0.05) is 32.0 Å². The predicted octanol–water partition coefficient (Wildman–Crippen LogP) is 2.14. The molecule has 4 heteroatoms. The number of nitrogens with one attached hydrogen (secondary N) is 2. The third kappa shape index (κ3) is 7.94. The fraction of sp³-hybridized carbons (Fsp3) is 0.769. The molecular formula is C13H25N3O. The second-order valence-corrected chi connectivity index (χ2v) is 4.21. The van der Waals surface area contributed by atoms with Crippen LogP contribution >= 0.6 is 0 Å². The molecule has 0 aromatic carbocycles. The highest BCUT2D eigenvalue weighted by Gasteiger charge is 1.94. The first kappa shape index (κ1) is 14.2. The van der Waals surface area contributed by atoms with Crippen LogP contribution in [0, 0.1) is 0 Å². The molecule has 0 unspecified atom stereocenters. The lowest BCUT2D eigenvalue weighted by atomic mass is 10.3. The highest BCUT2D eigenvalue weighted by Crippen LogP contribution is 1.94. The molecule has 0 fully saturated rings. The van der Waals surface area contributed by atoms with Crippen molar-refractivity contribution in [1.29, 1.82) is 0 Å². The van der Waals surface area contributed by atoms with Crippen molar-refractivity contribution < 1.29 is 4.74 Å². The number of aromatic amines is 1. The van der Waals surface area contributed by atoms with Crippen molar-refractivity contribution in [3.8, 4) is 0 Å². The summed E-state index contributed by atoms with van der Waals surface area (Å²) in [5.41, 5.74) is 0. The van der Waals surface area contributed by atoms with Crippen LogP contribution in [-0.4, -0.2) is 36.3 Å². The van der Waals surface area contributed by atoms with Gasteiger partial charge in [0.1, 0.15) is 5.82 Å². The quantitative estimate of drug-likeness (QED) is 0.582. The van der Waals surface area contributed by atoms with Crippen molar-refractivity contribution in [2.75, 3.05) is 26.3 Å². The first-order valence-corrected chi connectivity index (χ1v) is 6.70. The van der Waals surface area contributed by atoms with E-state index in [0.29, 0.717) is 0 Å². The monoisotopic (exact) mass is 239 g/mol. The summed E-state index contributed by atoms with van der Waals surface area (Å²) in [4.78, 5) is 7.29. The molecule has 2 N–H and O–H groups in total. The van der Waals surface area contributed by atoms with Crippen LogP contribution in [-0.2, 0) is 11.2 Å². The third-order valence-corrected chi connectivity index (χ3v) is 2.64. The Morgan fingerprint density at radius 2 is 2.18 bits per heavy atom. The molecule has 0 aliphatic rings. The maximum absolute atomic E-state index is 5.51. The van der Waals surface area contributed by atoms with Gasteiger partial charge in [0.25, 0.3) is 0 Å². The lowest BCUT2D eigenvalue weighted by molar-refractivity contribution is 0.132. The first-order valence-electron chi connectivity index (χ1n) is 6.70. The van der Waals surface area contributed by atoms with Crippen LogP contribution in [0.1, 0.15) is 38.4 Å². The van der Waals surface area contributed by atoms with E-state index in [-0.39, 0.29) is 0 Å². The number of unbranched alkanes of at least 4 members (excludes halogenated alkanes) is 2. The van der Waals surface area contributed by atoms with Crippen LogP contribution in [0.2, 0.25) is 0 Å². The molecule has 1 aromatic rings. The van der Waals surface area contributed by atoms with E-state index in [1.807, 2.05) is 6.20 Å². The highest BCUT2D eigenvalue weighted by atomic mass is 16.5. The smallest absolute Gasteiger partial charge is 0.106 e. The van der Waals surface area contributed by atoms with E-state index in [9.17, 15) is 0 Å². The molecule has 0 amide bonds. The molecule has 0 radical (unpaired) electrons. The van der Waals surface area contributed by atoms with Crippen molar-refractivity contribution >= 4 is 0 Å². The molecule has 1 aromatic heterocycles. The summed E-state index contributed by atoms with van der Waals surface area (Å²) in [7, 11) is 0. The van der Waals surface area contributed by atoms with Crippen LogP contribution in [0.5, 0.6) is 0 Å². The number of rotatable bonds is 11. The second-order valence-electron chi connectivity index (χ2n) is 4.21. The Kier molecular flexibility index (Phi) is 8.59. The average Bonchev–Trinajstić information content (AvgIpc) is 2.85. The molecule has 0 spiro atoms. The van der Waals surface area contributed by atoms with E-state index in [0.717, 1.165) is 45.0 Å². The fourth-order valence-electron chi connectivity index (χ4n) is 1.64. The normalized spacial score (nSPS) is 10.9. The predicted molar refractivity (Wildman–Crippen MR) is 70.1 cm³/mol. The number of nitrogens with zero attached hydrogens (tertiary/aromatic N) is 1. The van der Waals surface area contributed by atoms with Crippen molar-refractivity contribution in [3.05, 3.63) is 18.2 Å². The van der Waals surface area contributed by atoms with Gasteiger partial charge in [-0.25, -0.2) is 4.98 Å². The lowest BCUT2D eigenvalue weighted by Gasteiger charge is -2.05. The van der Waals surface area contributed by atoms with Crippen LogP contribution in [0.3, 0.4) is 0 Å². The topological polar surface area (TPSA) is 49.9 Å². The number of hydrogen-bond acceptors (Lipinski definition) is 3. The van der Waals surface area contributed by atoms with Crippen molar-refractivity contribution in [1.82, 2.24) is 15.3 Å². The molecule has 0 atom stereocenters. The zero-order valence-corrected chi connectivity index (χ0v) is 10.9. The molecule has 17 heavy (non-hydrogen) atoms. The van der Waals surface area contributed by atoms with Crippen molar-refractivity contribution in [2.45, 2.75) is 39.0 Å².